The molecule has 3 rings (SSSR count). The molecule has 2 aromatic heterocycles. The maximum atomic E-state index is 12.3. The average Bonchev–Trinajstić information content (AvgIpc) is 2.98. The predicted molar refractivity (Wildman–Crippen MR) is 69.5 cm³/mol. The van der Waals surface area contributed by atoms with Crippen molar-refractivity contribution in [3.63, 3.8) is 0 Å². The lowest BCUT2D eigenvalue weighted by atomic mass is 10.1. The first-order valence-corrected chi connectivity index (χ1v) is 6.45. The molecule has 0 saturated carbocycles. The molecule has 0 aromatic carbocycles. The first-order valence-electron chi connectivity index (χ1n) is 6.45. The summed E-state index contributed by atoms with van der Waals surface area (Å²) in [6.45, 7) is 0. The summed E-state index contributed by atoms with van der Waals surface area (Å²) in [6.07, 6.45) is -2.10. The van der Waals surface area contributed by atoms with E-state index >= 15 is 0 Å². The smallest absolute Gasteiger partial charge is 0.356 e. The van der Waals surface area contributed by atoms with Crippen molar-refractivity contribution in [1.29, 1.82) is 0 Å². The molecule has 21 heavy (non-hydrogen) atoms. The second kappa shape index (κ2) is 4.91. The second-order valence-electron chi connectivity index (χ2n) is 4.93. The van der Waals surface area contributed by atoms with Crippen molar-refractivity contribution < 1.29 is 18.0 Å². The number of halogens is 3. The minimum absolute atomic E-state index is 0.168. The van der Waals surface area contributed by atoms with Gasteiger partial charge in [0.25, 0.3) is 5.91 Å². The van der Waals surface area contributed by atoms with Crippen LogP contribution in [0, 0.1) is 0 Å². The molecule has 1 atom stereocenters. The minimum Gasteiger partial charge on any atom is -0.356 e. The molecule has 0 saturated heterocycles. The van der Waals surface area contributed by atoms with Crippen LogP contribution in [0.25, 0.3) is 11.3 Å². The van der Waals surface area contributed by atoms with E-state index in [9.17, 15) is 18.0 Å². The van der Waals surface area contributed by atoms with Gasteiger partial charge in [-0.3, -0.25) is 9.78 Å². The Morgan fingerprint density at radius 2 is 1.95 bits per heavy atom. The Bertz CT molecular complexity index is 664. The summed E-state index contributed by atoms with van der Waals surface area (Å²) in [5, 5.41) is 2.57. The minimum atomic E-state index is -4.23. The summed E-state index contributed by atoms with van der Waals surface area (Å²) in [5.41, 5.74) is 2.47. The third-order valence-electron chi connectivity index (χ3n) is 3.45. The number of H-pyrrole nitrogens is 1. The van der Waals surface area contributed by atoms with Gasteiger partial charge < -0.3 is 10.3 Å². The molecule has 3 heterocycles. The van der Waals surface area contributed by atoms with Crippen LogP contribution in [0.2, 0.25) is 0 Å². The third kappa shape index (κ3) is 2.76. The quantitative estimate of drug-likeness (QED) is 0.913. The number of carbonyl (C=O) groups is 1. The standard InChI is InChI=1S/C14H12F3N3O/c15-14(16,17)4-1-10-12-9(13(21)20-10)7-11(19-12)8-2-5-18-6-3-8/h2-3,5-7,10,19H,1,4H2,(H,20,21). The molecule has 0 spiro atoms. The number of nitrogens with one attached hydrogen (secondary N) is 2. The molecule has 0 fully saturated rings. The number of aromatic nitrogens is 2. The van der Waals surface area contributed by atoms with Gasteiger partial charge in [-0.2, -0.15) is 13.2 Å². The number of pyridine rings is 1. The number of hydrogen-bond acceptors (Lipinski definition) is 2. The van der Waals surface area contributed by atoms with Crippen molar-refractivity contribution in [2.24, 2.45) is 0 Å². The zero-order valence-corrected chi connectivity index (χ0v) is 10.9. The van der Waals surface area contributed by atoms with Crippen molar-refractivity contribution in [1.82, 2.24) is 15.3 Å². The van der Waals surface area contributed by atoms with Crippen LogP contribution in [-0.4, -0.2) is 22.1 Å². The monoisotopic (exact) mass is 295 g/mol. The van der Waals surface area contributed by atoms with Gasteiger partial charge in [0, 0.05) is 30.1 Å². The van der Waals surface area contributed by atoms with Gasteiger partial charge in [-0.25, -0.2) is 0 Å². The molecule has 1 unspecified atom stereocenters. The van der Waals surface area contributed by atoms with Gasteiger partial charge in [0.15, 0.2) is 0 Å². The summed E-state index contributed by atoms with van der Waals surface area (Å²) in [7, 11) is 0. The molecule has 7 heteroatoms. The third-order valence-corrected chi connectivity index (χ3v) is 3.45. The Balaban J connectivity index is 1.86. The number of aromatic amines is 1. The summed E-state index contributed by atoms with van der Waals surface area (Å²) >= 11 is 0. The van der Waals surface area contributed by atoms with Gasteiger partial charge in [-0.1, -0.05) is 0 Å². The van der Waals surface area contributed by atoms with Gasteiger partial charge in [0.2, 0.25) is 0 Å². The Labute approximate surface area is 118 Å². The van der Waals surface area contributed by atoms with Gasteiger partial charge >= 0.3 is 6.18 Å². The van der Waals surface area contributed by atoms with Gasteiger partial charge in [-0.15, -0.1) is 0 Å². The zero-order valence-electron chi connectivity index (χ0n) is 10.9. The second-order valence-corrected chi connectivity index (χ2v) is 4.93. The Hall–Kier alpha value is -2.31. The molecule has 2 aromatic rings. The Kier molecular flexibility index (Phi) is 3.19. The highest BCUT2D eigenvalue weighted by Gasteiger charge is 2.35. The van der Waals surface area contributed by atoms with Crippen molar-refractivity contribution in [3.8, 4) is 11.3 Å². The highest BCUT2D eigenvalue weighted by Crippen LogP contribution is 2.34. The van der Waals surface area contributed by atoms with E-state index in [1.54, 1.807) is 30.6 Å². The summed E-state index contributed by atoms with van der Waals surface area (Å²) in [4.78, 5) is 18.8. The Morgan fingerprint density at radius 3 is 2.62 bits per heavy atom. The van der Waals surface area contributed by atoms with E-state index in [0.717, 1.165) is 5.56 Å². The molecule has 0 radical (unpaired) electrons. The van der Waals surface area contributed by atoms with Crippen molar-refractivity contribution >= 4 is 5.91 Å². The number of nitrogens with zero attached hydrogens (tertiary/aromatic N) is 1. The zero-order chi connectivity index (χ0) is 15.0. The maximum Gasteiger partial charge on any atom is 0.389 e. The summed E-state index contributed by atoms with van der Waals surface area (Å²) in [5.74, 6) is -0.339. The normalized spacial score (nSPS) is 17.7. The molecule has 110 valence electrons. The fourth-order valence-electron chi connectivity index (χ4n) is 2.45. The van der Waals surface area contributed by atoms with E-state index in [-0.39, 0.29) is 12.3 Å². The molecule has 0 aliphatic carbocycles. The number of rotatable bonds is 3. The molecular formula is C14H12F3N3O. The highest BCUT2D eigenvalue weighted by molar-refractivity contribution is 6.00. The average molecular weight is 295 g/mol. The predicted octanol–water partition coefficient (Wildman–Crippen LogP) is 3.20. The number of fused-ring (bicyclic) bond motifs is 1. The van der Waals surface area contributed by atoms with E-state index in [1.807, 2.05) is 0 Å². The lowest BCUT2D eigenvalue weighted by molar-refractivity contribution is -0.136. The number of amides is 1. The summed E-state index contributed by atoms with van der Waals surface area (Å²) in [6, 6.07) is 4.57. The molecule has 2 N–H and O–H groups in total. The van der Waals surface area contributed by atoms with Gasteiger partial charge in [0.05, 0.1) is 17.3 Å². The topological polar surface area (TPSA) is 57.8 Å². The SMILES string of the molecule is O=C1NC(CCC(F)(F)F)c2[nH]c(-c3ccncc3)cc21. The van der Waals surface area contributed by atoms with E-state index < -0.39 is 18.6 Å². The molecule has 1 aliphatic heterocycles. The molecular weight excluding hydrogens is 283 g/mol. The Morgan fingerprint density at radius 1 is 1.24 bits per heavy atom. The fraction of sp³-hybridized carbons (Fsp3) is 0.286. The van der Waals surface area contributed by atoms with Gasteiger partial charge in [0.1, 0.15) is 0 Å². The van der Waals surface area contributed by atoms with Gasteiger partial charge in [-0.05, 0) is 24.6 Å². The first-order chi connectivity index (χ1) is 9.94. The van der Waals surface area contributed by atoms with Crippen LogP contribution in [0.5, 0.6) is 0 Å². The van der Waals surface area contributed by atoms with Crippen LogP contribution >= 0.6 is 0 Å². The van der Waals surface area contributed by atoms with E-state index in [0.29, 0.717) is 17.0 Å². The first kappa shape index (κ1) is 13.7. The van der Waals surface area contributed by atoms with Crippen LogP contribution in [0.4, 0.5) is 13.2 Å². The highest BCUT2D eigenvalue weighted by atomic mass is 19.4. The van der Waals surface area contributed by atoms with Crippen molar-refractivity contribution in [2.45, 2.75) is 25.1 Å². The van der Waals surface area contributed by atoms with Crippen LogP contribution < -0.4 is 5.32 Å². The molecule has 4 nitrogen and oxygen atoms in total. The fourth-order valence-corrected chi connectivity index (χ4v) is 2.45. The lowest BCUT2D eigenvalue weighted by Crippen LogP contribution is -2.21. The van der Waals surface area contributed by atoms with Crippen molar-refractivity contribution in [2.75, 3.05) is 0 Å². The van der Waals surface area contributed by atoms with Crippen LogP contribution in [-0.2, 0) is 0 Å². The summed E-state index contributed by atoms with van der Waals surface area (Å²) < 4.78 is 37.0. The molecule has 1 aliphatic rings. The largest absolute Gasteiger partial charge is 0.389 e. The maximum absolute atomic E-state index is 12.3. The lowest BCUT2D eigenvalue weighted by Gasteiger charge is -2.13. The van der Waals surface area contributed by atoms with Crippen LogP contribution in [0.15, 0.2) is 30.6 Å². The van der Waals surface area contributed by atoms with E-state index in [2.05, 4.69) is 15.3 Å². The van der Waals surface area contributed by atoms with Crippen LogP contribution in [0.1, 0.15) is 34.9 Å². The van der Waals surface area contributed by atoms with E-state index in [1.165, 1.54) is 0 Å². The number of hydrogen-bond donors (Lipinski definition) is 2. The molecule has 0 bridgehead atoms. The number of alkyl halides is 3. The van der Waals surface area contributed by atoms with Crippen molar-refractivity contribution in [3.05, 3.63) is 41.9 Å². The molecule has 1 amide bonds. The van der Waals surface area contributed by atoms with E-state index in [4.69, 9.17) is 0 Å². The number of carbonyl (C=O) groups excluding carboxylic acids is 1. The van der Waals surface area contributed by atoms with Crippen LogP contribution in [0.3, 0.4) is 0 Å².